The molecule has 1 heterocycles. The monoisotopic (exact) mass is 282 g/mol. The van der Waals surface area contributed by atoms with Gasteiger partial charge in [0.25, 0.3) is 0 Å². The zero-order valence-corrected chi connectivity index (χ0v) is 11.0. The van der Waals surface area contributed by atoms with Gasteiger partial charge in [-0.2, -0.15) is 18.3 Å². The molecule has 0 N–H and O–H groups in total. The second-order valence-corrected chi connectivity index (χ2v) is 4.67. The van der Waals surface area contributed by atoms with Crippen LogP contribution < -0.4 is 0 Å². The van der Waals surface area contributed by atoms with Crippen molar-refractivity contribution >= 4 is 6.29 Å². The summed E-state index contributed by atoms with van der Waals surface area (Å²) >= 11 is 0. The fourth-order valence-corrected chi connectivity index (χ4v) is 2.02. The Morgan fingerprint density at radius 3 is 2.50 bits per heavy atom. The molecule has 0 bridgehead atoms. The Morgan fingerprint density at radius 2 is 1.95 bits per heavy atom. The standard InChI is InChI=1S/C14H13F3N2O/c1-9(2)19-13(5-6-18-19)10-3-4-11(8-20)12(7-10)14(15,16)17/h3-9H,1-2H3. The highest BCUT2D eigenvalue weighted by Gasteiger charge is 2.33. The van der Waals surface area contributed by atoms with Gasteiger partial charge in [0.05, 0.1) is 11.3 Å². The molecule has 0 aliphatic heterocycles. The van der Waals surface area contributed by atoms with Crippen molar-refractivity contribution in [1.82, 2.24) is 9.78 Å². The molecule has 0 spiro atoms. The third-order valence-electron chi connectivity index (χ3n) is 2.94. The summed E-state index contributed by atoms with van der Waals surface area (Å²) in [4.78, 5) is 10.7. The van der Waals surface area contributed by atoms with Gasteiger partial charge in [0.1, 0.15) is 0 Å². The third-order valence-corrected chi connectivity index (χ3v) is 2.94. The molecule has 0 atom stereocenters. The maximum Gasteiger partial charge on any atom is 0.417 e. The first-order valence-electron chi connectivity index (χ1n) is 6.05. The highest BCUT2D eigenvalue weighted by Crippen LogP contribution is 2.34. The van der Waals surface area contributed by atoms with Crippen LogP contribution in [0.1, 0.15) is 35.8 Å². The maximum absolute atomic E-state index is 12.9. The largest absolute Gasteiger partial charge is 0.417 e. The predicted molar refractivity (Wildman–Crippen MR) is 68.4 cm³/mol. The number of nitrogens with zero attached hydrogens (tertiary/aromatic N) is 2. The summed E-state index contributed by atoms with van der Waals surface area (Å²) < 4.78 is 40.4. The Balaban J connectivity index is 2.59. The smallest absolute Gasteiger partial charge is 0.298 e. The molecule has 0 amide bonds. The summed E-state index contributed by atoms with van der Waals surface area (Å²) in [6.45, 7) is 3.78. The lowest BCUT2D eigenvalue weighted by Gasteiger charge is -2.14. The van der Waals surface area contributed by atoms with E-state index in [1.165, 1.54) is 18.3 Å². The maximum atomic E-state index is 12.9. The molecule has 2 aromatic rings. The number of aldehydes is 1. The highest BCUT2D eigenvalue weighted by molar-refractivity contribution is 5.79. The van der Waals surface area contributed by atoms with E-state index in [1.54, 1.807) is 10.7 Å². The fraction of sp³-hybridized carbons (Fsp3) is 0.286. The van der Waals surface area contributed by atoms with Gasteiger partial charge < -0.3 is 0 Å². The van der Waals surface area contributed by atoms with E-state index in [1.807, 2.05) is 13.8 Å². The second-order valence-electron chi connectivity index (χ2n) is 4.67. The van der Waals surface area contributed by atoms with E-state index >= 15 is 0 Å². The molecule has 20 heavy (non-hydrogen) atoms. The van der Waals surface area contributed by atoms with Crippen molar-refractivity contribution < 1.29 is 18.0 Å². The molecule has 106 valence electrons. The lowest BCUT2D eigenvalue weighted by atomic mass is 10.0. The molecule has 0 radical (unpaired) electrons. The van der Waals surface area contributed by atoms with E-state index in [-0.39, 0.29) is 17.9 Å². The van der Waals surface area contributed by atoms with E-state index in [0.717, 1.165) is 6.07 Å². The Labute approximate surface area is 114 Å². The van der Waals surface area contributed by atoms with E-state index in [0.29, 0.717) is 11.3 Å². The normalized spacial score (nSPS) is 11.9. The van der Waals surface area contributed by atoms with E-state index in [2.05, 4.69) is 5.10 Å². The molecular weight excluding hydrogens is 269 g/mol. The van der Waals surface area contributed by atoms with Crippen LogP contribution in [0.2, 0.25) is 0 Å². The summed E-state index contributed by atoms with van der Waals surface area (Å²) in [5.74, 6) is 0. The van der Waals surface area contributed by atoms with Gasteiger partial charge in [0.15, 0.2) is 6.29 Å². The highest BCUT2D eigenvalue weighted by atomic mass is 19.4. The number of hydrogen-bond acceptors (Lipinski definition) is 2. The van der Waals surface area contributed by atoms with Gasteiger partial charge in [0.2, 0.25) is 0 Å². The molecule has 0 unspecified atom stereocenters. The van der Waals surface area contributed by atoms with E-state index in [4.69, 9.17) is 0 Å². The molecular formula is C14H13F3N2O. The van der Waals surface area contributed by atoms with Crippen LogP contribution in [-0.2, 0) is 6.18 Å². The molecule has 1 aromatic heterocycles. The van der Waals surface area contributed by atoms with Crippen molar-refractivity contribution in [2.24, 2.45) is 0 Å². The van der Waals surface area contributed by atoms with Crippen LogP contribution in [0.4, 0.5) is 13.2 Å². The van der Waals surface area contributed by atoms with Gasteiger partial charge in [-0.15, -0.1) is 0 Å². The average Bonchev–Trinajstić information content (AvgIpc) is 2.86. The van der Waals surface area contributed by atoms with Crippen LogP contribution in [-0.4, -0.2) is 16.1 Å². The Morgan fingerprint density at radius 1 is 1.25 bits per heavy atom. The molecule has 2 rings (SSSR count). The van der Waals surface area contributed by atoms with Crippen LogP contribution in [0.15, 0.2) is 30.5 Å². The molecule has 6 heteroatoms. The minimum Gasteiger partial charge on any atom is -0.298 e. The summed E-state index contributed by atoms with van der Waals surface area (Å²) in [5.41, 5.74) is -0.324. The Bertz CT molecular complexity index is 630. The van der Waals surface area contributed by atoms with Crippen molar-refractivity contribution in [3.63, 3.8) is 0 Å². The number of benzene rings is 1. The lowest BCUT2D eigenvalue weighted by Crippen LogP contribution is -2.10. The van der Waals surface area contributed by atoms with Crippen molar-refractivity contribution in [2.75, 3.05) is 0 Å². The SMILES string of the molecule is CC(C)n1nccc1-c1ccc(C=O)c(C(F)(F)F)c1. The quantitative estimate of drug-likeness (QED) is 0.799. The number of carbonyl (C=O) groups is 1. The molecule has 0 fully saturated rings. The second kappa shape index (κ2) is 5.11. The van der Waals surface area contributed by atoms with Gasteiger partial charge in [-0.3, -0.25) is 9.48 Å². The van der Waals surface area contributed by atoms with Crippen molar-refractivity contribution in [2.45, 2.75) is 26.1 Å². The average molecular weight is 282 g/mol. The molecule has 0 aliphatic rings. The van der Waals surface area contributed by atoms with Crippen LogP contribution in [0, 0.1) is 0 Å². The van der Waals surface area contributed by atoms with Gasteiger partial charge in [0, 0.05) is 23.4 Å². The van der Waals surface area contributed by atoms with Gasteiger partial charge in [-0.25, -0.2) is 0 Å². The predicted octanol–water partition coefficient (Wildman–Crippen LogP) is 3.96. The zero-order chi connectivity index (χ0) is 14.9. The molecule has 0 saturated carbocycles. The number of hydrogen-bond donors (Lipinski definition) is 0. The number of carbonyl (C=O) groups excluding carboxylic acids is 1. The summed E-state index contributed by atoms with van der Waals surface area (Å²) in [7, 11) is 0. The van der Waals surface area contributed by atoms with Crippen LogP contribution in [0.25, 0.3) is 11.3 Å². The van der Waals surface area contributed by atoms with Crippen molar-refractivity contribution in [3.05, 3.63) is 41.6 Å². The number of aromatic nitrogens is 2. The molecule has 0 saturated heterocycles. The summed E-state index contributed by atoms with van der Waals surface area (Å²) in [5, 5.41) is 4.09. The zero-order valence-electron chi connectivity index (χ0n) is 11.0. The number of rotatable bonds is 3. The van der Waals surface area contributed by atoms with Crippen LogP contribution >= 0.6 is 0 Å². The first kappa shape index (κ1) is 14.3. The first-order chi connectivity index (χ1) is 9.34. The number of halogens is 3. The topological polar surface area (TPSA) is 34.9 Å². The van der Waals surface area contributed by atoms with Crippen molar-refractivity contribution in [3.8, 4) is 11.3 Å². The van der Waals surface area contributed by atoms with Crippen LogP contribution in [0.3, 0.4) is 0 Å². The van der Waals surface area contributed by atoms with E-state index in [9.17, 15) is 18.0 Å². The van der Waals surface area contributed by atoms with Gasteiger partial charge in [-0.05, 0) is 26.0 Å². The lowest BCUT2D eigenvalue weighted by molar-refractivity contribution is -0.137. The minimum absolute atomic E-state index is 0.0279. The molecule has 0 aliphatic carbocycles. The molecule has 1 aromatic carbocycles. The van der Waals surface area contributed by atoms with Gasteiger partial charge in [-0.1, -0.05) is 12.1 Å². The molecule has 3 nitrogen and oxygen atoms in total. The Hall–Kier alpha value is -2.11. The van der Waals surface area contributed by atoms with Crippen LogP contribution in [0.5, 0.6) is 0 Å². The minimum atomic E-state index is -4.56. The summed E-state index contributed by atoms with van der Waals surface area (Å²) in [6, 6.07) is 5.34. The Kier molecular flexibility index (Phi) is 3.65. The van der Waals surface area contributed by atoms with Crippen molar-refractivity contribution in [1.29, 1.82) is 0 Å². The third kappa shape index (κ3) is 2.59. The van der Waals surface area contributed by atoms with E-state index < -0.39 is 11.7 Å². The first-order valence-corrected chi connectivity index (χ1v) is 6.05. The van der Waals surface area contributed by atoms with Gasteiger partial charge >= 0.3 is 6.18 Å². The summed E-state index contributed by atoms with van der Waals surface area (Å²) in [6.07, 6.45) is -2.81. The fourth-order valence-electron chi connectivity index (χ4n) is 2.02. The number of alkyl halides is 3.